The summed E-state index contributed by atoms with van der Waals surface area (Å²) in [4.78, 5) is 12.9. The molecule has 0 aromatic rings. The Balaban J connectivity index is 2.58. The van der Waals surface area contributed by atoms with Crippen LogP contribution in [0.3, 0.4) is 0 Å². The van der Waals surface area contributed by atoms with Gasteiger partial charge >= 0.3 is 14.8 Å². The average Bonchev–Trinajstić information content (AvgIpc) is 2.61. The van der Waals surface area contributed by atoms with Gasteiger partial charge in [-0.15, -0.1) is 0 Å². The van der Waals surface area contributed by atoms with E-state index in [9.17, 15) is 4.79 Å². The number of nitrogens with zero attached hydrogens (tertiary/aromatic N) is 1. The lowest BCUT2D eigenvalue weighted by Crippen LogP contribution is -2.54. The van der Waals surface area contributed by atoms with E-state index in [0.29, 0.717) is 19.3 Å². The SMILES string of the molecule is CO[Si](CN1CCNC1=O)(OC)OC. The first-order valence-corrected chi connectivity index (χ1v) is 6.29. The fourth-order valence-electron chi connectivity index (χ4n) is 1.34. The zero-order valence-electron chi connectivity index (χ0n) is 8.70. The molecule has 6 nitrogen and oxygen atoms in total. The third-order valence-corrected chi connectivity index (χ3v) is 4.90. The van der Waals surface area contributed by atoms with Gasteiger partial charge in [0, 0.05) is 34.4 Å². The summed E-state index contributed by atoms with van der Waals surface area (Å²) in [6, 6.07) is -0.0898. The minimum absolute atomic E-state index is 0.0898. The molecule has 0 unspecified atom stereocenters. The van der Waals surface area contributed by atoms with E-state index in [0.717, 1.165) is 0 Å². The van der Waals surface area contributed by atoms with E-state index in [-0.39, 0.29) is 6.03 Å². The first-order chi connectivity index (χ1) is 6.67. The van der Waals surface area contributed by atoms with Crippen LogP contribution in [-0.2, 0) is 13.3 Å². The average molecular weight is 220 g/mol. The third kappa shape index (κ3) is 2.24. The molecule has 0 spiro atoms. The highest BCUT2D eigenvalue weighted by atomic mass is 28.4. The summed E-state index contributed by atoms with van der Waals surface area (Å²) in [5.74, 6) is 0. The van der Waals surface area contributed by atoms with Gasteiger partial charge in [0.15, 0.2) is 0 Å². The van der Waals surface area contributed by atoms with Crippen molar-refractivity contribution in [1.29, 1.82) is 0 Å². The fourth-order valence-corrected chi connectivity index (χ4v) is 3.00. The highest BCUT2D eigenvalue weighted by Crippen LogP contribution is 2.10. The largest absolute Gasteiger partial charge is 0.520 e. The van der Waals surface area contributed by atoms with Crippen LogP contribution in [0.4, 0.5) is 4.79 Å². The summed E-state index contributed by atoms with van der Waals surface area (Å²) >= 11 is 0. The van der Waals surface area contributed by atoms with E-state index in [1.807, 2.05) is 0 Å². The maximum Gasteiger partial charge on any atom is 0.520 e. The number of hydrogen-bond acceptors (Lipinski definition) is 4. The standard InChI is InChI=1S/C7H16N2O4Si/c1-11-14(12-2,13-3)6-9-5-4-8-7(9)10/h4-6H2,1-3H3,(H,8,10). The van der Waals surface area contributed by atoms with Gasteiger partial charge in [0.25, 0.3) is 0 Å². The predicted molar refractivity (Wildman–Crippen MR) is 51.8 cm³/mol. The molecular weight excluding hydrogens is 204 g/mol. The smallest absolute Gasteiger partial charge is 0.376 e. The number of nitrogens with one attached hydrogen (secondary N) is 1. The minimum atomic E-state index is -2.66. The number of urea groups is 1. The molecular formula is C7H16N2O4Si. The van der Waals surface area contributed by atoms with Gasteiger partial charge in [0.05, 0.1) is 6.17 Å². The summed E-state index contributed by atoms with van der Waals surface area (Å²) in [7, 11) is 1.95. The third-order valence-electron chi connectivity index (χ3n) is 2.26. The molecule has 0 aromatic carbocycles. The first-order valence-electron chi connectivity index (χ1n) is 4.35. The van der Waals surface area contributed by atoms with Crippen molar-refractivity contribution >= 4 is 14.8 Å². The van der Waals surface area contributed by atoms with Gasteiger partial charge in [0.2, 0.25) is 0 Å². The van der Waals surface area contributed by atoms with Gasteiger partial charge in [-0.2, -0.15) is 0 Å². The Bertz CT molecular complexity index is 202. The van der Waals surface area contributed by atoms with E-state index >= 15 is 0 Å². The summed E-state index contributed by atoms with van der Waals surface area (Å²) in [6.45, 7) is 1.34. The van der Waals surface area contributed by atoms with E-state index in [4.69, 9.17) is 13.3 Å². The monoisotopic (exact) mass is 220 g/mol. The Hall–Kier alpha value is -0.633. The topological polar surface area (TPSA) is 60.0 Å². The normalized spacial score (nSPS) is 17.4. The fraction of sp³-hybridized carbons (Fsp3) is 0.857. The molecule has 0 radical (unpaired) electrons. The number of amides is 2. The summed E-state index contributed by atoms with van der Waals surface area (Å²) in [5, 5.41) is 2.71. The van der Waals surface area contributed by atoms with Crippen molar-refractivity contribution in [2.45, 2.75) is 0 Å². The Labute approximate surface area is 84.5 Å². The van der Waals surface area contributed by atoms with Crippen molar-refractivity contribution in [1.82, 2.24) is 10.2 Å². The lowest BCUT2D eigenvalue weighted by Gasteiger charge is -2.28. The number of hydrogen-bond donors (Lipinski definition) is 1. The van der Waals surface area contributed by atoms with Gasteiger partial charge < -0.3 is 23.5 Å². The molecule has 7 heteroatoms. The van der Waals surface area contributed by atoms with Crippen LogP contribution < -0.4 is 5.32 Å². The summed E-state index contributed by atoms with van der Waals surface area (Å²) < 4.78 is 15.7. The lowest BCUT2D eigenvalue weighted by molar-refractivity contribution is 0.110. The molecule has 14 heavy (non-hydrogen) atoms. The second-order valence-corrected chi connectivity index (χ2v) is 5.86. The van der Waals surface area contributed by atoms with Crippen LogP contribution in [0, 0.1) is 0 Å². The summed E-state index contributed by atoms with van der Waals surface area (Å²) in [5.41, 5.74) is 0. The molecule has 1 aliphatic rings. The van der Waals surface area contributed by atoms with Crippen LogP contribution >= 0.6 is 0 Å². The Morgan fingerprint density at radius 1 is 1.36 bits per heavy atom. The van der Waals surface area contributed by atoms with Crippen molar-refractivity contribution in [3.63, 3.8) is 0 Å². The molecule has 0 saturated carbocycles. The molecule has 0 aromatic heterocycles. The van der Waals surface area contributed by atoms with Crippen LogP contribution in [0.1, 0.15) is 0 Å². The zero-order chi connectivity index (χ0) is 10.6. The van der Waals surface area contributed by atoms with Crippen molar-refractivity contribution in [3.8, 4) is 0 Å². The molecule has 1 N–H and O–H groups in total. The van der Waals surface area contributed by atoms with Crippen molar-refractivity contribution in [2.24, 2.45) is 0 Å². The highest BCUT2D eigenvalue weighted by molar-refractivity contribution is 6.61. The first kappa shape index (κ1) is 11.4. The van der Waals surface area contributed by atoms with E-state index < -0.39 is 8.80 Å². The maximum atomic E-state index is 11.3. The second-order valence-electron chi connectivity index (χ2n) is 2.95. The number of carbonyl (C=O) groups is 1. The number of carbonyl (C=O) groups excluding carboxylic acids is 1. The van der Waals surface area contributed by atoms with Gasteiger partial charge in [-0.1, -0.05) is 0 Å². The molecule has 1 aliphatic heterocycles. The van der Waals surface area contributed by atoms with Crippen LogP contribution in [0.2, 0.25) is 0 Å². The van der Waals surface area contributed by atoms with Crippen LogP contribution in [0.5, 0.6) is 0 Å². The maximum absolute atomic E-state index is 11.3. The number of rotatable bonds is 5. The van der Waals surface area contributed by atoms with Crippen LogP contribution in [-0.4, -0.2) is 60.3 Å². The van der Waals surface area contributed by atoms with E-state index in [1.54, 1.807) is 4.90 Å². The quantitative estimate of drug-likeness (QED) is 0.630. The van der Waals surface area contributed by atoms with E-state index in [2.05, 4.69) is 5.32 Å². The van der Waals surface area contributed by atoms with Crippen molar-refractivity contribution < 1.29 is 18.1 Å². The van der Waals surface area contributed by atoms with Gasteiger partial charge in [-0.05, 0) is 0 Å². The van der Waals surface area contributed by atoms with Crippen LogP contribution in [0.15, 0.2) is 0 Å². The Morgan fingerprint density at radius 3 is 2.29 bits per heavy atom. The molecule has 1 heterocycles. The van der Waals surface area contributed by atoms with Gasteiger partial charge in [-0.25, -0.2) is 4.79 Å². The molecule has 1 rings (SSSR count). The lowest BCUT2D eigenvalue weighted by atomic mass is 10.7. The summed E-state index contributed by atoms with van der Waals surface area (Å²) in [6.07, 6.45) is 0.391. The van der Waals surface area contributed by atoms with Gasteiger partial charge in [0.1, 0.15) is 0 Å². The Kier molecular flexibility index (Phi) is 3.87. The molecule has 0 atom stereocenters. The van der Waals surface area contributed by atoms with Crippen LogP contribution in [0.25, 0.3) is 0 Å². The predicted octanol–water partition coefficient (Wildman–Crippen LogP) is -0.571. The van der Waals surface area contributed by atoms with Gasteiger partial charge in [-0.3, -0.25) is 0 Å². The minimum Gasteiger partial charge on any atom is -0.376 e. The van der Waals surface area contributed by atoms with Crippen molar-refractivity contribution in [3.05, 3.63) is 0 Å². The molecule has 1 fully saturated rings. The Morgan fingerprint density at radius 2 is 1.93 bits per heavy atom. The highest BCUT2D eigenvalue weighted by Gasteiger charge is 2.42. The molecule has 2 amide bonds. The molecule has 82 valence electrons. The van der Waals surface area contributed by atoms with Crippen molar-refractivity contribution in [2.75, 3.05) is 40.6 Å². The second kappa shape index (κ2) is 4.74. The molecule has 1 saturated heterocycles. The van der Waals surface area contributed by atoms with E-state index in [1.165, 1.54) is 21.3 Å². The zero-order valence-corrected chi connectivity index (χ0v) is 9.70. The molecule has 0 aliphatic carbocycles. The molecule has 0 bridgehead atoms.